The Bertz CT molecular complexity index is 1230. The molecule has 4 aromatic rings. The fourth-order valence-corrected chi connectivity index (χ4v) is 4.45. The van der Waals surface area contributed by atoms with Gasteiger partial charge in [0.15, 0.2) is 11.0 Å². The van der Waals surface area contributed by atoms with Crippen molar-refractivity contribution < 1.29 is 4.79 Å². The number of nitrogens with zero attached hydrogens (tertiary/aromatic N) is 3. The first-order valence-corrected chi connectivity index (χ1v) is 11.4. The van der Waals surface area contributed by atoms with Gasteiger partial charge in [-0.25, -0.2) is 0 Å². The molecule has 1 aromatic heterocycles. The Morgan fingerprint density at radius 2 is 1.59 bits per heavy atom. The van der Waals surface area contributed by atoms with Gasteiger partial charge in [0.05, 0.1) is 0 Å². The number of hydrogen-bond acceptors (Lipinski definition) is 4. The van der Waals surface area contributed by atoms with E-state index in [4.69, 9.17) is 0 Å². The minimum absolute atomic E-state index is 0.0882. The average Bonchev–Trinajstić information content (AvgIpc) is 3.15. The van der Waals surface area contributed by atoms with Crippen LogP contribution in [0.1, 0.15) is 27.5 Å². The highest BCUT2D eigenvalue weighted by Crippen LogP contribution is 2.36. The quantitative estimate of drug-likeness (QED) is 0.379. The molecule has 1 heterocycles. The van der Waals surface area contributed by atoms with Crippen LogP contribution in [0.25, 0.3) is 11.4 Å². The lowest BCUT2D eigenvalue weighted by atomic mass is 10.1. The van der Waals surface area contributed by atoms with E-state index in [2.05, 4.69) is 34.6 Å². The number of amides is 1. The van der Waals surface area contributed by atoms with Gasteiger partial charge >= 0.3 is 0 Å². The number of hydrogen-bond donors (Lipinski definition) is 1. The molecule has 0 aliphatic carbocycles. The van der Waals surface area contributed by atoms with Crippen molar-refractivity contribution in [1.82, 2.24) is 14.8 Å². The van der Waals surface area contributed by atoms with Gasteiger partial charge in [-0.1, -0.05) is 84.1 Å². The molecule has 32 heavy (non-hydrogen) atoms. The van der Waals surface area contributed by atoms with E-state index in [1.165, 1.54) is 17.3 Å². The largest absolute Gasteiger partial charge is 0.325 e. The van der Waals surface area contributed by atoms with E-state index in [9.17, 15) is 4.79 Å². The minimum atomic E-state index is -0.468. The summed E-state index contributed by atoms with van der Waals surface area (Å²) in [4.78, 5) is 13.4. The zero-order valence-corrected chi connectivity index (χ0v) is 19.5. The highest BCUT2D eigenvalue weighted by atomic mass is 32.2. The number of nitrogens with one attached hydrogen (secondary N) is 1. The van der Waals surface area contributed by atoms with Crippen LogP contribution < -0.4 is 5.32 Å². The van der Waals surface area contributed by atoms with Gasteiger partial charge in [0.1, 0.15) is 5.25 Å². The van der Waals surface area contributed by atoms with E-state index in [1.54, 1.807) is 0 Å². The second kappa shape index (κ2) is 9.40. The van der Waals surface area contributed by atoms with Crippen molar-refractivity contribution in [3.8, 4) is 11.4 Å². The summed E-state index contributed by atoms with van der Waals surface area (Å²) in [5.41, 5.74) is 6.06. The average molecular weight is 443 g/mol. The molecule has 0 spiro atoms. The summed E-state index contributed by atoms with van der Waals surface area (Å²) in [6.07, 6.45) is 0. The maximum atomic E-state index is 13.4. The van der Waals surface area contributed by atoms with E-state index in [0.29, 0.717) is 5.16 Å². The topological polar surface area (TPSA) is 59.8 Å². The van der Waals surface area contributed by atoms with Crippen molar-refractivity contribution in [2.24, 2.45) is 7.05 Å². The number of aryl methyl sites for hydroxylation is 3. The molecule has 4 rings (SSSR count). The molecule has 0 fully saturated rings. The van der Waals surface area contributed by atoms with E-state index in [0.717, 1.165) is 33.8 Å². The summed E-state index contributed by atoms with van der Waals surface area (Å²) in [5.74, 6) is 0.684. The van der Waals surface area contributed by atoms with Gasteiger partial charge < -0.3 is 9.88 Å². The monoisotopic (exact) mass is 442 g/mol. The number of rotatable bonds is 6. The summed E-state index contributed by atoms with van der Waals surface area (Å²) in [7, 11) is 1.93. The maximum absolute atomic E-state index is 13.4. The van der Waals surface area contributed by atoms with Crippen LogP contribution in [0.2, 0.25) is 0 Å². The Kier molecular flexibility index (Phi) is 6.42. The lowest BCUT2D eigenvalue weighted by molar-refractivity contribution is -0.115. The second-order valence-electron chi connectivity index (χ2n) is 7.95. The first-order chi connectivity index (χ1) is 15.4. The first-order valence-electron chi connectivity index (χ1n) is 10.5. The molecule has 0 aliphatic rings. The molecule has 1 N–H and O–H groups in total. The SMILES string of the molecule is Cc1ccc(-c2nnc(SC(C(=O)Nc3cc(C)ccc3C)c3ccccc3)n2C)cc1. The number of aromatic nitrogens is 3. The third-order valence-corrected chi connectivity index (χ3v) is 6.65. The fraction of sp³-hybridized carbons (Fsp3) is 0.192. The van der Waals surface area contributed by atoms with Crippen LogP contribution in [-0.2, 0) is 11.8 Å². The van der Waals surface area contributed by atoms with Gasteiger partial charge in [-0.3, -0.25) is 4.79 Å². The van der Waals surface area contributed by atoms with Crippen LogP contribution in [0.5, 0.6) is 0 Å². The molecule has 0 saturated heterocycles. The van der Waals surface area contributed by atoms with Crippen LogP contribution in [0, 0.1) is 20.8 Å². The molecule has 1 atom stereocenters. The Morgan fingerprint density at radius 1 is 0.906 bits per heavy atom. The number of anilines is 1. The van der Waals surface area contributed by atoms with Crippen molar-refractivity contribution in [2.45, 2.75) is 31.2 Å². The molecule has 6 heteroatoms. The van der Waals surface area contributed by atoms with Gasteiger partial charge in [0.25, 0.3) is 0 Å². The zero-order valence-electron chi connectivity index (χ0n) is 18.7. The summed E-state index contributed by atoms with van der Waals surface area (Å²) in [5, 5.41) is 12.1. The van der Waals surface area contributed by atoms with Crippen molar-refractivity contribution in [3.05, 3.63) is 95.1 Å². The zero-order chi connectivity index (χ0) is 22.7. The second-order valence-corrected chi connectivity index (χ2v) is 9.02. The molecule has 3 aromatic carbocycles. The Morgan fingerprint density at radius 3 is 2.31 bits per heavy atom. The van der Waals surface area contributed by atoms with Crippen LogP contribution in [0.15, 0.2) is 78.0 Å². The number of thioether (sulfide) groups is 1. The minimum Gasteiger partial charge on any atom is -0.325 e. The number of carbonyl (C=O) groups excluding carboxylic acids is 1. The number of carbonyl (C=O) groups is 1. The highest BCUT2D eigenvalue weighted by molar-refractivity contribution is 8.00. The molecule has 1 amide bonds. The third kappa shape index (κ3) is 4.75. The molecule has 5 nitrogen and oxygen atoms in total. The van der Waals surface area contributed by atoms with E-state index in [1.807, 2.05) is 86.1 Å². The summed E-state index contributed by atoms with van der Waals surface area (Å²) >= 11 is 1.40. The Hall–Kier alpha value is -3.38. The van der Waals surface area contributed by atoms with E-state index in [-0.39, 0.29) is 5.91 Å². The predicted molar refractivity (Wildman–Crippen MR) is 131 cm³/mol. The van der Waals surface area contributed by atoms with Gasteiger partial charge in [0, 0.05) is 18.3 Å². The van der Waals surface area contributed by atoms with Crippen LogP contribution in [0.3, 0.4) is 0 Å². The van der Waals surface area contributed by atoms with Crippen molar-refractivity contribution in [1.29, 1.82) is 0 Å². The highest BCUT2D eigenvalue weighted by Gasteiger charge is 2.25. The molecular formula is C26H26N4OS. The van der Waals surface area contributed by atoms with Crippen LogP contribution in [0.4, 0.5) is 5.69 Å². The summed E-state index contributed by atoms with van der Waals surface area (Å²) in [6, 6.07) is 24.0. The molecule has 0 radical (unpaired) electrons. The van der Waals surface area contributed by atoms with Gasteiger partial charge in [-0.2, -0.15) is 0 Å². The first kappa shape index (κ1) is 21.8. The van der Waals surface area contributed by atoms with Crippen molar-refractivity contribution in [3.63, 3.8) is 0 Å². The molecule has 0 saturated carbocycles. The molecule has 162 valence electrons. The van der Waals surface area contributed by atoms with Crippen LogP contribution in [-0.4, -0.2) is 20.7 Å². The van der Waals surface area contributed by atoms with E-state index < -0.39 is 5.25 Å². The molecule has 0 bridgehead atoms. The molecular weight excluding hydrogens is 416 g/mol. The normalized spacial score (nSPS) is 11.9. The Labute approximate surface area is 192 Å². The molecule has 1 unspecified atom stereocenters. The summed E-state index contributed by atoms with van der Waals surface area (Å²) in [6.45, 7) is 6.07. The third-order valence-electron chi connectivity index (χ3n) is 5.36. The van der Waals surface area contributed by atoms with Gasteiger partial charge in [-0.05, 0) is 43.5 Å². The predicted octanol–water partition coefficient (Wildman–Crippen LogP) is 5.88. The molecule has 0 aliphatic heterocycles. The lowest BCUT2D eigenvalue weighted by Gasteiger charge is -2.18. The van der Waals surface area contributed by atoms with Gasteiger partial charge in [0.2, 0.25) is 5.91 Å². The van der Waals surface area contributed by atoms with Crippen molar-refractivity contribution in [2.75, 3.05) is 5.32 Å². The van der Waals surface area contributed by atoms with E-state index >= 15 is 0 Å². The standard InChI is InChI=1S/C26H26N4OS/c1-17-11-14-21(15-12-17)24-28-29-26(30(24)4)32-23(20-8-6-5-7-9-20)25(31)27-22-16-18(2)10-13-19(22)3/h5-16,23H,1-4H3,(H,27,31). The fourth-order valence-electron chi connectivity index (χ4n) is 3.45. The van der Waals surface area contributed by atoms with Crippen molar-refractivity contribution >= 4 is 23.4 Å². The maximum Gasteiger partial charge on any atom is 0.242 e. The number of benzene rings is 3. The van der Waals surface area contributed by atoms with Gasteiger partial charge in [-0.15, -0.1) is 10.2 Å². The Balaban J connectivity index is 1.64. The lowest BCUT2D eigenvalue weighted by Crippen LogP contribution is -2.20. The smallest absolute Gasteiger partial charge is 0.242 e. The summed E-state index contributed by atoms with van der Waals surface area (Å²) < 4.78 is 1.94. The van der Waals surface area contributed by atoms with Crippen LogP contribution >= 0.6 is 11.8 Å².